The van der Waals surface area contributed by atoms with E-state index >= 15 is 0 Å². The van der Waals surface area contributed by atoms with E-state index in [-0.39, 0.29) is 5.75 Å². The first-order valence-electron chi connectivity index (χ1n) is 6.45. The van der Waals surface area contributed by atoms with Gasteiger partial charge in [0.05, 0.1) is 0 Å². The smallest absolute Gasteiger partial charge is 0.407 e. The third-order valence-electron chi connectivity index (χ3n) is 3.09. The molecule has 0 aliphatic rings. The van der Waals surface area contributed by atoms with Crippen molar-refractivity contribution in [3.8, 4) is 5.75 Å². The molecular weight excluding hydrogens is 254 g/mol. The summed E-state index contributed by atoms with van der Waals surface area (Å²) in [5, 5.41) is 18.5. The maximum atomic E-state index is 11.3. The number of rotatable bonds is 5. The van der Waals surface area contributed by atoms with Crippen molar-refractivity contribution in [1.29, 1.82) is 0 Å². The molecule has 1 amide bonds. The highest BCUT2D eigenvalue weighted by Crippen LogP contribution is 2.11. The number of hydrogen-bond acceptors (Lipinski definition) is 2. The van der Waals surface area contributed by atoms with Crippen LogP contribution < -0.4 is 0 Å². The van der Waals surface area contributed by atoms with Crippen LogP contribution in [0.15, 0.2) is 54.6 Å². The molecular formula is C16H17NO3. The van der Waals surface area contributed by atoms with Crippen molar-refractivity contribution >= 4 is 6.09 Å². The van der Waals surface area contributed by atoms with Crippen LogP contribution in [0.25, 0.3) is 0 Å². The van der Waals surface area contributed by atoms with Gasteiger partial charge in [-0.05, 0) is 29.7 Å². The first-order chi connectivity index (χ1) is 9.65. The summed E-state index contributed by atoms with van der Waals surface area (Å²) in [5.41, 5.74) is 1.97. The summed E-state index contributed by atoms with van der Waals surface area (Å²) in [6.07, 6.45) is -0.299. The highest BCUT2D eigenvalue weighted by molar-refractivity contribution is 5.65. The predicted molar refractivity (Wildman–Crippen MR) is 76.7 cm³/mol. The second-order valence-electron chi connectivity index (χ2n) is 4.61. The minimum absolute atomic E-state index is 0.216. The van der Waals surface area contributed by atoms with E-state index in [4.69, 9.17) is 0 Å². The van der Waals surface area contributed by atoms with Gasteiger partial charge in [0.15, 0.2) is 0 Å². The minimum Gasteiger partial charge on any atom is -0.508 e. The third kappa shape index (κ3) is 4.02. The Bertz CT molecular complexity index is 552. The number of amides is 1. The maximum Gasteiger partial charge on any atom is 0.407 e. The van der Waals surface area contributed by atoms with E-state index in [2.05, 4.69) is 0 Å². The van der Waals surface area contributed by atoms with Crippen LogP contribution in [-0.2, 0) is 13.0 Å². The summed E-state index contributed by atoms with van der Waals surface area (Å²) in [4.78, 5) is 12.7. The van der Waals surface area contributed by atoms with E-state index in [1.807, 2.05) is 30.3 Å². The van der Waals surface area contributed by atoms with Crippen LogP contribution in [0.5, 0.6) is 5.75 Å². The average Bonchev–Trinajstić information content (AvgIpc) is 2.46. The summed E-state index contributed by atoms with van der Waals surface area (Å²) in [6.45, 7) is 0.809. The van der Waals surface area contributed by atoms with E-state index in [1.165, 1.54) is 4.90 Å². The van der Waals surface area contributed by atoms with Crippen molar-refractivity contribution in [2.24, 2.45) is 0 Å². The number of phenols is 1. The summed E-state index contributed by atoms with van der Waals surface area (Å²) in [6, 6.07) is 16.4. The molecule has 0 spiro atoms. The van der Waals surface area contributed by atoms with Crippen LogP contribution in [0.4, 0.5) is 4.79 Å². The van der Waals surface area contributed by atoms with Gasteiger partial charge in [-0.1, -0.05) is 42.5 Å². The molecule has 2 N–H and O–H groups in total. The molecule has 0 bridgehead atoms. The topological polar surface area (TPSA) is 60.8 Å². The van der Waals surface area contributed by atoms with Gasteiger partial charge in [-0.2, -0.15) is 0 Å². The lowest BCUT2D eigenvalue weighted by atomic mass is 10.1. The van der Waals surface area contributed by atoms with E-state index in [9.17, 15) is 15.0 Å². The Morgan fingerprint density at radius 3 is 2.20 bits per heavy atom. The lowest BCUT2D eigenvalue weighted by Gasteiger charge is -2.19. The summed E-state index contributed by atoms with van der Waals surface area (Å²) in [7, 11) is 0. The second-order valence-corrected chi connectivity index (χ2v) is 4.61. The molecule has 0 fully saturated rings. The second kappa shape index (κ2) is 6.61. The van der Waals surface area contributed by atoms with Crippen molar-refractivity contribution in [2.45, 2.75) is 13.0 Å². The molecule has 0 saturated heterocycles. The Morgan fingerprint density at radius 2 is 1.60 bits per heavy atom. The van der Waals surface area contributed by atoms with Gasteiger partial charge in [0.2, 0.25) is 0 Å². The Labute approximate surface area is 117 Å². The van der Waals surface area contributed by atoms with E-state index in [1.54, 1.807) is 24.3 Å². The molecule has 20 heavy (non-hydrogen) atoms. The maximum absolute atomic E-state index is 11.3. The van der Waals surface area contributed by atoms with Crippen LogP contribution in [0, 0.1) is 0 Å². The summed E-state index contributed by atoms with van der Waals surface area (Å²) < 4.78 is 0. The molecule has 104 valence electrons. The van der Waals surface area contributed by atoms with Gasteiger partial charge in [0.1, 0.15) is 5.75 Å². The zero-order valence-electron chi connectivity index (χ0n) is 11.1. The highest BCUT2D eigenvalue weighted by Gasteiger charge is 2.12. The fourth-order valence-electron chi connectivity index (χ4n) is 1.97. The molecule has 4 nitrogen and oxygen atoms in total. The molecule has 2 rings (SSSR count). The van der Waals surface area contributed by atoms with Crippen LogP contribution in [0.1, 0.15) is 11.1 Å². The molecule has 0 aromatic heterocycles. The molecule has 2 aromatic carbocycles. The molecule has 4 heteroatoms. The van der Waals surface area contributed by atoms with Gasteiger partial charge in [0, 0.05) is 13.1 Å². The largest absolute Gasteiger partial charge is 0.508 e. The van der Waals surface area contributed by atoms with Crippen molar-refractivity contribution < 1.29 is 15.0 Å². The standard InChI is InChI=1S/C16H17NO3/c18-15-8-6-13(7-9-15)10-11-17(16(19)20)12-14-4-2-1-3-5-14/h1-9,18H,10-12H2,(H,19,20). The zero-order chi connectivity index (χ0) is 14.4. The molecule has 0 aliphatic heterocycles. The van der Waals surface area contributed by atoms with Crippen LogP contribution in [0.3, 0.4) is 0 Å². The van der Waals surface area contributed by atoms with Gasteiger partial charge in [-0.3, -0.25) is 0 Å². The average molecular weight is 271 g/mol. The lowest BCUT2D eigenvalue weighted by molar-refractivity contribution is 0.143. The third-order valence-corrected chi connectivity index (χ3v) is 3.09. The van der Waals surface area contributed by atoms with Crippen molar-refractivity contribution in [3.05, 3.63) is 65.7 Å². The van der Waals surface area contributed by atoms with Crippen molar-refractivity contribution in [1.82, 2.24) is 4.90 Å². The number of nitrogens with zero attached hydrogens (tertiary/aromatic N) is 1. The zero-order valence-corrected chi connectivity index (χ0v) is 11.1. The molecule has 0 atom stereocenters. The molecule has 0 radical (unpaired) electrons. The van der Waals surface area contributed by atoms with Gasteiger partial charge in [-0.15, -0.1) is 0 Å². The number of carboxylic acid groups (broad SMARTS) is 1. The Morgan fingerprint density at radius 1 is 0.950 bits per heavy atom. The van der Waals surface area contributed by atoms with Crippen molar-refractivity contribution in [2.75, 3.05) is 6.54 Å². The number of phenolic OH excluding ortho intramolecular Hbond substituents is 1. The fraction of sp³-hybridized carbons (Fsp3) is 0.188. The van der Waals surface area contributed by atoms with Crippen LogP contribution in [-0.4, -0.2) is 27.8 Å². The number of carbonyl (C=O) groups is 1. The molecule has 0 aliphatic carbocycles. The van der Waals surface area contributed by atoms with Gasteiger partial charge < -0.3 is 15.1 Å². The van der Waals surface area contributed by atoms with Crippen LogP contribution in [0.2, 0.25) is 0 Å². The SMILES string of the molecule is O=C(O)N(CCc1ccc(O)cc1)Cc1ccccc1. The Balaban J connectivity index is 1.96. The molecule has 2 aromatic rings. The summed E-state index contributed by atoms with van der Waals surface area (Å²) in [5.74, 6) is 0.216. The number of hydrogen-bond donors (Lipinski definition) is 2. The van der Waals surface area contributed by atoms with E-state index in [0.29, 0.717) is 19.5 Å². The lowest BCUT2D eigenvalue weighted by Crippen LogP contribution is -2.30. The number of aromatic hydroxyl groups is 1. The van der Waals surface area contributed by atoms with Gasteiger partial charge >= 0.3 is 6.09 Å². The minimum atomic E-state index is -0.923. The van der Waals surface area contributed by atoms with Gasteiger partial charge in [0.25, 0.3) is 0 Å². The summed E-state index contributed by atoms with van der Waals surface area (Å²) >= 11 is 0. The first-order valence-corrected chi connectivity index (χ1v) is 6.45. The monoisotopic (exact) mass is 271 g/mol. The molecule has 0 saturated carbocycles. The first kappa shape index (κ1) is 13.9. The number of benzene rings is 2. The van der Waals surface area contributed by atoms with Crippen LogP contribution >= 0.6 is 0 Å². The van der Waals surface area contributed by atoms with Crippen molar-refractivity contribution in [3.63, 3.8) is 0 Å². The molecule has 0 unspecified atom stereocenters. The Kier molecular flexibility index (Phi) is 4.60. The van der Waals surface area contributed by atoms with E-state index < -0.39 is 6.09 Å². The predicted octanol–water partition coefficient (Wildman–Crippen LogP) is 3.11. The normalized spacial score (nSPS) is 10.2. The Hall–Kier alpha value is -2.49. The van der Waals surface area contributed by atoms with E-state index in [0.717, 1.165) is 11.1 Å². The fourth-order valence-corrected chi connectivity index (χ4v) is 1.97. The molecule has 0 heterocycles. The highest BCUT2D eigenvalue weighted by atomic mass is 16.4. The quantitative estimate of drug-likeness (QED) is 0.878. The van der Waals surface area contributed by atoms with Gasteiger partial charge in [-0.25, -0.2) is 4.79 Å².